The number of nitrogens with zero attached hydrogens (tertiary/aromatic N) is 3. The van der Waals surface area contributed by atoms with Crippen LogP contribution in [0.15, 0.2) is 48.7 Å². The number of fused-ring (bicyclic) bond motifs is 1. The molecule has 0 spiro atoms. The molecule has 0 unspecified atom stereocenters. The van der Waals surface area contributed by atoms with Crippen LogP contribution in [0.25, 0.3) is 0 Å². The number of benzene rings is 2. The normalized spacial score (nSPS) is 13.0. The van der Waals surface area contributed by atoms with Gasteiger partial charge < -0.3 is 24.8 Å². The monoisotopic (exact) mass is 378 g/mol. The third-order valence-corrected chi connectivity index (χ3v) is 4.71. The van der Waals surface area contributed by atoms with E-state index in [1.54, 1.807) is 26.5 Å². The van der Waals surface area contributed by atoms with Crippen LogP contribution in [0, 0.1) is 0 Å². The molecule has 0 bridgehead atoms. The zero-order chi connectivity index (χ0) is 19.5. The molecule has 0 fully saturated rings. The number of aromatic hydroxyl groups is 1. The average Bonchev–Trinajstić information content (AvgIpc) is 2.73. The van der Waals surface area contributed by atoms with Gasteiger partial charge in [0.2, 0.25) is 5.95 Å². The first-order valence-electron chi connectivity index (χ1n) is 9.09. The lowest BCUT2D eigenvalue weighted by molar-refractivity contribution is 0.395. The van der Waals surface area contributed by atoms with Gasteiger partial charge in [0.05, 0.1) is 14.2 Å². The zero-order valence-electron chi connectivity index (χ0n) is 15.8. The van der Waals surface area contributed by atoms with Crippen molar-refractivity contribution < 1.29 is 14.6 Å². The SMILES string of the molecule is COc1cc(Nc2nccc(N3CCCc4cc(O)ccc43)n2)cc(OC)c1. The van der Waals surface area contributed by atoms with Gasteiger partial charge in [0, 0.05) is 42.3 Å². The maximum atomic E-state index is 9.76. The van der Waals surface area contributed by atoms with E-state index in [0.717, 1.165) is 42.1 Å². The average molecular weight is 378 g/mol. The van der Waals surface area contributed by atoms with Crippen LogP contribution in [0.3, 0.4) is 0 Å². The Labute approximate surface area is 163 Å². The molecule has 7 nitrogen and oxygen atoms in total. The Morgan fingerprint density at radius 2 is 1.82 bits per heavy atom. The van der Waals surface area contributed by atoms with E-state index in [2.05, 4.69) is 20.2 Å². The van der Waals surface area contributed by atoms with E-state index in [4.69, 9.17) is 9.47 Å². The molecule has 0 amide bonds. The molecule has 0 aliphatic carbocycles. The first-order chi connectivity index (χ1) is 13.7. The van der Waals surface area contributed by atoms with Crippen molar-refractivity contribution >= 4 is 23.1 Å². The summed E-state index contributed by atoms with van der Waals surface area (Å²) in [6, 6.07) is 12.9. The Hall–Kier alpha value is -3.48. The number of phenols is 1. The van der Waals surface area contributed by atoms with E-state index < -0.39 is 0 Å². The lowest BCUT2D eigenvalue weighted by Gasteiger charge is -2.30. The molecule has 2 N–H and O–H groups in total. The van der Waals surface area contributed by atoms with Crippen LogP contribution in [0.5, 0.6) is 17.2 Å². The topological polar surface area (TPSA) is 79.7 Å². The summed E-state index contributed by atoms with van der Waals surface area (Å²) in [7, 11) is 3.22. The van der Waals surface area contributed by atoms with Crippen LogP contribution in [-0.4, -0.2) is 35.8 Å². The van der Waals surface area contributed by atoms with Gasteiger partial charge >= 0.3 is 0 Å². The van der Waals surface area contributed by atoms with E-state index in [-0.39, 0.29) is 5.75 Å². The summed E-state index contributed by atoms with van der Waals surface area (Å²) in [6.45, 7) is 0.862. The van der Waals surface area contributed by atoms with Crippen LogP contribution in [-0.2, 0) is 6.42 Å². The van der Waals surface area contributed by atoms with Crippen LogP contribution < -0.4 is 19.7 Å². The van der Waals surface area contributed by atoms with Gasteiger partial charge in [-0.3, -0.25) is 0 Å². The summed E-state index contributed by atoms with van der Waals surface area (Å²) in [6.07, 6.45) is 3.67. The lowest BCUT2D eigenvalue weighted by atomic mass is 10.0. The van der Waals surface area contributed by atoms with Gasteiger partial charge in [-0.15, -0.1) is 0 Å². The number of rotatable bonds is 5. The molecular formula is C21H22N4O3. The van der Waals surface area contributed by atoms with Crippen molar-refractivity contribution in [1.29, 1.82) is 0 Å². The number of anilines is 4. The summed E-state index contributed by atoms with van der Waals surface area (Å²) in [5, 5.41) is 13.0. The summed E-state index contributed by atoms with van der Waals surface area (Å²) >= 11 is 0. The molecule has 0 atom stereocenters. The third-order valence-electron chi connectivity index (χ3n) is 4.71. The van der Waals surface area contributed by atoms with Crippen LogP contribution in [0.4, 0.5) is 23.1 Å². The van der Waals surface area contributed by atoms with Crippen LogP contribution in [0.1, 0.15) is 12.0 Å². The number of aromatic nitrogens is 2. The fraction of sp³-hybridized carbons (Fsp3) is 0.238. The van der Waals surface area contributed by atoms with E-state index in [1.807, 2.05) is 36.4 Å². The minimum absolute atomic E-state index is 0.289. The molecular weight excluding hydrogens is 356 g/mol. The fourth-order valence-electron chi connectivity index (χ4n) is 3.39. The van der Waals surface area contributed by atoms with Crippen LogP contribution in [0.2, 0.25) is 0 Å². The van der Waals surface area contributed by atoms with E-state index >= 15 is 0 Å². The highest BCUT2D eigenvalue weighted by molar-refractivity contribution is 5.68. The molecule has 1 aromatic heterocycles. The largest absolute Gasteiger partial charge is 0.508 e. The number of ether oxygens (including phenoxy) is 2. The highest BCUT2D eigenvalue weighted by Crippen LogP contribution is 2.35. The van der Waals surface area contributed by atoms with Crippen molar-refractivity contribution in [2.24, 2.45) is 0 Å². The Balaban J connectivity index is 1.63. The summed E-state index contributed by atoms with van der Waals surface area (Å²) in [5.41, 5.74) is 2.96. The standard InChI is InChI=1S/C21H22N4O3/c1-27-17-11-15(12-18(13-17)28-2)23-21-22-8-7-20(24-21)25-9-3-4-14-10-16(26)5-6-19(14)25/h5-8,10-13,26H,3-4,9H2,1-2H3,(H,22,23,24). The summed E-state index contributed by atoms with van der Waals surface area (Å²) in [5.74, 6) is 2.95. The minimum atomic E-state index is 0.289. The molecule has 0 radical (unpaired) electrons. The highest BCUT2D eigenvalue weighted by Gasteiger charge is 2.20. The molecule has 2 heterocycles. The first kappa shape index (κ1) is 17.9. The molecule has 0 saturated carbocycles. The fourth-order valence-corrected chi connectivity index (χ4v) is 3.39. The quantitative estimate of drug-likeness (QED) is 0.694. The Bertz CT molecular complexity index is 971. The van der Waals surface area contributed by atoms with E-state index in [9.17, 15) is 5.11 Å². The van der Waals surface area contributed by atoms with Crippen molar-refractivity contribution in [3.05, 3.63) is 54.2 Å². The number of methoxy groups -OCH3 is 2. The van der Waals surface area contributed by atoms with Gasteiger partial charge in [0.15, 0.2) is 0 Å². The molecule has 4 rings (SSSR count). The number of hydrogen-bond acceptors (Lipinski definition) is 7. The maximum Gasteiger partial charge on any atom is 0.229 e. The predicted molar refractivity (Wildman–Crippen MR) is 108 cm³/mol. The van der Waals surface area contributed by atoms with Crippen molar-refractivity contribution in [2.45, 2.75) is 12.8 Å². The van der Waals surface area contributed by atoms with E-state index in [0.29, 0.717) is 17.4 Å². The molecule has 144 valence electrons. The van der Waals surface area contributed by atoms with Gasteiger partial charge in [-0.2, -0.15) is 4.98 Å². The number of aryl methyl sites for hydroxylation is 1. The summed E-state index contributed by atoms with van der Waals surface area (Å²) < 4.78 is 10.6. The summed E-state index contributed by atoms with van der Waals surface area (Å²) in [4.78, 5) is 11.2. The predicted octanol–water partition coefficient (Wildman–Crippen LogP) is 4.03. The molecule has 1 aliphatic rings. The van der Waals surface area contributed by atoms with Gasteiger partial charge in [-0.05, 0) is 42.7 Å². The number of hydrogen-bond donors (Lipinski definition) is 2. The maximum absolute atomic E-state index is 9.76. The smallest absolute Gasteiger partial charge is 0.229 e. The zero-order valence-corrected chi connectivity index (χ0v) is 15.8. The van der Waals surface area contributed by atoms with Gasteiger partial charge in [0.1, 0.15) is 23.1 Å². The Kier molecular flexibility index (Phi) is 4.89. The van der Waals surface area contributed by atoms with Crippen molar-refractivity contribution in [3.63, 3.8) is 0 Å². The van der Waals surface area contributed by atoms with Crippen molar-refractivity contribution in [3.8, 4) is 17.2 Å². The van der Waals surface area contributed by atoms with Gasteiger partial charge in [0.25, 0.3) is 0 Å². The molecule has 0 saturated heterocycles. The molecule has 1 aliphatic heterocycles. The Morgan fingerprint density at radius 3 is 2.57 bits per heavy atom. The first-order valence-corrected chi connectivity index (χ1v) is 9.09. The second-order valence-corrected chi connectivity index (χ2v) is 6.53. The number of phenolic OH excluding ortho intramolecular Hbond substituents is 1. The molecule has 3 aromatic rings. The lowest BCUT2D eigenvalue weighted by Crippen LogP contribution is -2.25. The van der Waals surface area contributed by atoms with Crippen molar-refractivity contribution in [1.82, 2.24) is 9.97 Å². The molecule has 7 heteroatoms. The minimum Gasteiger partial charge on any atom is -0.508 e. The second-order valence-electron chi connectivity index (χ2n) is 6.53. The number of nitrogens with one attached hydrogen (secondary N) is 1. The third kappa shape index (κ3) is 3.64. The molecule has 2 aromatic carbocycles. The Morgan fingerprint density at radius 1 is 1.04 bits per heavy atom. The second kappa shape index (κ2) is 7.64. The highest BCUT2D eigenvalue weighted by atomic mass is 16.5. The van der Waals surface area contributed by atoms with E-state index in [1.165, 1.54) is 0 Å². The molecule has 28 heavy (non-hydrogen) atoms. The van der Waals surface area contributed by atoms with Gasteiger partial charge in [-0.1, -0.05) is 0 Å². The van der Waals surface area contributed by atoms with Crippen molar-refractivity contribution in [2.75, 3.05) is 31.0 Å². The van der Waals surface area contributed by atoms with Crippen LogP contribution >= 0.6 is 0 Å². The van der Waals surface area contributed by atoms with Gasteiger partial charge in [-0.25, -0.2) is 4.98 Å².